The van der Waals surface area contributed by atoms with E-state index in [1.165, 1.54) is 12.0 Å². The Kier molecular flexibility index (Phi) is 5.36. The lowest BCUT2D eigenvalue weighted by molar-refractivity contribution is 0.0583. The van der Waals surface area contributed by atoms with Crippen LogP contribution in [0.1, 0.15) is 34.3 Å². The minimum absolute atomic E-state index is 0.0819. The third kappa shape index (κ3) is 3.76. The highest BCUT2D eigenvalue weighted by Crippen LogP contribution is 2.28. The van der Waals surface area contributed by atoms with Crippen LogP contribution in [-0.2, 0) is 13.0 Å². The highest BCUT2D eigenvalue weighted by Gasteiger charge is 2.37. The summed E-state index contributed by atoms with van der Waals surface area (Å²) in [5.41, 5.74) is 2.16. The number of benzene rings is 1. The molecule has 2 bridgehead atoms. The van der Waals surface area contributed by atoms with E-state index in [0.29, 0.717) is 18.0 Å². The van der Waals surface area contributed by atoms with Gasteiger partial charge in [-0.05, 0) is 56.3 Å². The molecule has 4 heterocycles. The number of aryl methyl sites for hydroxylation is 3. The van der Waals surface area contributed by atoms with Gasteiger partial charge in [0.1, 0.15) is 5.56 Å². The first-order chi connectivity index (χ1) is 13.5. The number of likely N-dealkylation sites (N-methyl/N-ethyl adjacent to an activating group) is 1. The van der Waals surface area contributed by atoms with E-state index >= 15 is 0 Å². The summed E-state index contributed by atoms with van der Waals surface area (Å²) >= 11 is 0. The molecule has 0 unspecified atom stereocenters. The van der Waals surface area contributed by atoms with Gasteiger partial charge in [-0.2, -0.15) is 0 Å². The van der Waals surface area contributed by atoms with Crippen molar-refractivity contribution in [2.45, 2.75) is 38.8 Å². The van der Waals surface area contributed by atoms with Gasteiger partial charge in [0.25, 0.3) is 11.5 Å². The van der Waals surface area contributed by atoms with E-state index < -0.39 is 0 Å². The van der Waals surface area contributed by atoms with Crippen molar-refractivity contribution in [3.05, 3.63) is 69.6 Å². The monoisotopic (exact) mass is 379 g/mol. The highest BCUT2D eigenvalue weighted by atomic mass is 16.2. The summed E-state index contributed by atoms with van der Waals surface area (Å²) in [6, 6.07) is 12.3. The molecular formula is C23H29N3O2. The van der Waals surface area contributed by atoms with Crippen molar-refractivity contribution in [3.8, 4) is 0 Å². The predicted octanol–water partition coefficient (Wildman–Crippen LogP) is 2.57. The van der Waals surface area contributed by atoms with Crippen molar-refractivity contribution >= 4 is 5.91 Å². The fourth-order valence-electron chi connectivity index (χ4n) is 4.70. The normalized spacial score (nSPS) is 22.3. The molecule has 0 radical (unpaired) electrons. The van der Waals surface area contributed by atoms with E-state index in [4.69, 9.17) is 0 Å². The third-order valence-electron chi connectivity index (χ3n) is 6.23. The minimum atomic E-state index is -0.158. The Bertz CT molecular complexity index is 906. The Morgan fingerprint density at radius 2 is 1.86 bits per heavy atom. The van der Waals surface area contributed by atoms with Crippen molar-refractivity contribution in [1.82, 2.24) is 14.4 Å². The smallest absolute Gasteiger partial charge is 0.263 e. The van der Waals surface area contributed by atoms with E-state index in [-0.39, 0.29) is 17.5 Å². The van der Waals surface area contributed by atoms with Crippen LogP contribution >= 0.6 is 0 Å². The van der Waals surface area contributed by atoms with Crippen molar-refractivity contribution < 1.29 is 4.79 Å². The van der Waals surface area contributed by atoms with Crippen LogP contribution in [0.2, 0.25) is 0 Å². The second-order valence-electron chi connectivity index (χ2n) is 8.38. The molecule has 5 heteroatoms. The number of fused-ring (bicyclic) bond motifs is 4. The molecule has 3 saturated heterocycles. The zero-order valence-corrected chi connectivity index (χ0v) is 16.8. The Hall–Kier alpha value is -2.40. The molecule has 1 aromatic carbocycles. The summed E-state index contributed by atoms with van der Waals surface area (Å²) in [6.07, 6.45) is 4.80. The van der Waals surface area contributed by atoms with Crippen LogP contribution < -0.4 is 5.56 Å². The molecule has 3 aliphatic heterocycles. The Labute approximate surface area is 166 Å². The average molecular weight is 380 g/mol. The molecule has 5 rings (SSSR count). The molecule has 148 valence electrons. The van der Waals surface area contributed by atoms with Crippen molar-refractivity contribution in [2.75, 3.05) is 26.7 Å². The summed E-state index contributed by atoms with van der Waals surface area (Å²) in [4.78, 5) is 30.9. The van der Waals surface area contributed by atoms with Crippen molar-refractivity contribution in [2.24, 2.45) is 5.92 Å². The van der Waals surface area contributed by atoms with Crippen LogP contribution in [0.4, 0.5) is 0 Å². The topological polar surface area (TPSA) is 45.6 Å². The molecular weight excluding hydrogens is 350 g/mol. The van der Waals surface area contributed by atoms with Gasteiger partial charge in [0.15, 0.2) is 0 Å². The summed E-state index contributed by atoms with van der Waals surface area (Å²) in [7, 11) is 2.13. The zero-order valence-electron chi connectivity index (χ0n) is 16.8. The molecule has 28 heavy (non-hydrogen) atoms. The molecule has 1 aromatic heterocycles. The van der Waals surface area contributed by atoms with E-state index in [0.717, 1.165) is 38.0 Å². The second-order valence-corrected chi connectivity index (χ2v) is 8.38. The lowest BCUT2D eigenvalue weighted by Crippen LogP contribution is -2.49. The number of carbonyl (C=O) groups excluding carboxylic acids is 1. The number of pyridine rings is 1. The van der Waals surface area contributed by atoms with Gasteiger partial charge in [0, 0.05) is 38.4 Å². The standard InChI is InChI=1S/C23H29N3O2/c1-17-10-12-25(13-11-18-6-4-3-5-7-18)22(27)21(17)23(28)26-15-19-8-9-20(26)16-24(2)14-19/h3-7,10,12,19-20H,8-9,11,13-16H2,1-2H3/t19-,20+/m0/s1. The Balaban J connectivity index is 1.59. The van der Waals surface area contributed by atoms with Gasteiger partial charge in [0.05, 0.1) is 0 Å². The molecule has 0 aliphatic carbocycles. The average Bonchev–Trinajstić information content (AvgIpc) is 2.97. The largest absolute Gasteiger partial charge is 0.334 e. The first-order valence-corrected chi connectivity index (χ1v) is 10.3. The number of hydrogen-bond donors (Lipinski definition) is 0. The molecule has 1 amide bonds. The van der Waals surface area contributed by atoms with Gasteiger partial charge in [-0.15, -0.1) is 0 Å². The van der Waals surface area contributed by atoms with E-state index in [1.54, 1.807) is 4.57 Å². The van der Waals surface area contributed by atoms with E-state index in [1.807, 2.05) is 42.3 Å². The number of amides is 1. The van der Waals surface area contributed by atoms with Gasteiger partial charge in [-0.25, -0.2) is 0 Å². The molecule has 2 atom stereocenters. The molecule has 0 saturated carbocycles. The fraction of sp³-hybridized carbons (Fsp3) is 0.478. The fourth-order valence-corrected chi connectivity index (χ4v) is 4.70. The van der Waals surface area contributed by atoms with Crippen LogP contribution in [-0.4, -0.2) is 53.0 Å². The number of carbonyl (C=O) groups is 1. The molecule has 3 fully saturated rings. The maximum atomic E-state index is 13.4. The van der Waals surface area contributed by atoms with Gasteiger partial charge in [0.2, 0.25) is 0 Å². The van der Waals surface area contributed by atoms with Gasteiger partial charge in [-0.3, -0.25) is 9.59 Å². The number of aromatic nitrogens is 1. The van der Waals surface area contributed by atoms with Crippen molar-refractivity contribution in [3.63, 3.8) is 0 Å². The second kappa shape index (κ2) is 7.92. The van der Waals surface area contributed by atoms with Crippen LogP contribution in [0.3, 0.4) is 0 Å². The number of piperidine rings is 1. The number of nitrogens with zero attached hydrogens (tertiary/aromatic N) is 3. The van der Waals surface area contributed by atoms with Gasteiger partial charge >= 0.3 is 0 Å². The Morgan fingerprint density at radius 3 is 2.64 bits per heavy atom. The lowest BCUT2D eigenvalue weighted by Gasteiger charge is -2.36. The maximum absolute atomic E-state index is 13.4. The van der Waals surface area contributed by atoms with Crippen LogP contribution in [0, 0.1) is 12.8 Å². The quantitative estimate of drug-likeness (QED) is 0.820. The molecule has 0 N–H and O–H groups in total. The molecule has 5 nitrogen and oxygen atoms in total. The van der Waals surface area contributed by atoms with Crippen LogP contribution in [0.15, 0.2) is 47.4 Å². The molecule has 0 spiro atoms. The molecule has 3 aliphatic rings. The first-order valence-electron chi connectivity index (χ1n) is 10.3. The lowest BCUT2D eigenvalue weighted by atomic mass is 9.94. The summed E-state index contributed by atoms with van der Waals surface area (Å²) in [5.74, 6) is 0.429. The Morgan fingerprint density at radius 1 is 1.07 bits per heavy atom. The predicted molar refractivity (Wildman–Crippen MR) is 111 cm³/mol. The molecule has 2 aromatic rings. The third-order valence-corrected chi connectivity index (χ3v) is 6.23. The van der Waals surface area contributed by atoms with Crippen LogP contribution in [0.5, 0.6) is 0 Å². The summed E-state index contributed by atoms with van der Waals surface area (Å²) in [6.45, 7) is 5.16. The summed E-state index contributed by atoms with van der Waals surface area (Å²) < 4.78 is 1.69. The SMILES string of the molecule is Cc1ccn(CCc2ccccc2)c(=O)c1C(=O)N1C[C@H]2CC[C@@H]1CN(C)C2. The number of hydrogen-bond acceptors (Lipinski definition) is 3. The minimum Gasteiger partial charge on any atom is -0.334 e. The van der Waals surface area contributed by atoms with E-state index in [2.05, 4.69) is 24.1 Å². The van der Waals surface area contributed by atoms with Crippen LogP contribution in [0.25, 0.3) is 0 Å². The van der Waals surface area contributed by atoms with Gasteiger partial charge in [-0.1, -0.05) is 30.3 Å². The first kappa shape index (κ1) is 18.9. The summed E-state index contributed by atoms with van der Waals surface area (Å²) in [5, 5.41) is 0. The maximum Gasteiger partial charge on any atom is 0.263 e. The zero-order chi connectivity index (χ0) is 19.7. The highest BCUT2D eigenvalue weighted by molar-refractivity contribution is 5.95. The van der Waals surface area contributed by atoms with E-state index in [9.17, 15) is 9.59 Å². The van der Waals surface area contributed by atoms with Crippen molar-refractivity contribution in [1.29, 1.82) is 0 Å². The number of rotatable bonds is 4. The van der Waals surface area contributed by atoms with Gasteiger partial charge < -0.3 is 14.4 Å².